The molecule has 2 aromatic heterocycles. The number of hydrogen-bond donors (Lipinski definition) is 2. The van der Waals surface area contributed by atoms with E-state index in [9.17, 15) is 9.59 Å². The number of H-pyrrole nitrogens is 1. The second-order valence-corrected chi connectivity index (χ2v) is 7.52. The summed E-state index contributed by atoms with van der Waals surface area (Å²) in [5.74, 6) is 0.317. The van der Waals surface area contributed by atoms with E-state index in [1.807, 2.05) is 6.07 Å². The van der Waals surface area contributed by atoms with E-state index in [1.165, 1.54) is 11.8 Å². The molecule has 0 aliphatic carbocycles. The fourth-order valence-corrected chi connectivity index (χ4v) is 4.12. The Kier molecular flexibility index (Phi) is 6.51. The van der Waals surface area contributed by atoms with Crippen molar-refractivity contribution in [1.29, 1.82) is 0 Å². The maximum Gasteiger partial charge on any atom is 0.336 e. The number of pyridine rings is 1. The van der Waals surface area contributed by atoms with Gasteiger partial charge in [0, 0.05) is 23.8 Å². The molecule has 0 saturated heterocycles. The van der Waals surface area contributed by atoms with Crippen molar-refractivity contribution in [2.75, 3.05) is 17.7 Å². The Morgan fingerprint density at radius 3 is 2.86 bits per heavy atom. The first-order chi connectivity index (χ1) is 13.6. The van der Waals surface area contributed by atoms with Crippen molar-refractivity contribution in [3.05, 3.63) is 57.3 Å². The molecule has 148 valence electrons. The predicted molar refractivity (Wildman–Crippen MR) is 110 cm³/mol. The van der Waals surface area contributed by atoms with E-state index >= 15 is 0 Å². The smallest absolute Gasteiger partial charge is 0.336 e. The molecule has 28 heavy (non-hydrogen) atoms. The Morgan fingerprint density at radius 2 is 2.18 bits per heavy atom. The van der Waals surface area contributed by atoms with Crippen LogP contribution in [0.15, 0.2) is 45.7 Å². The number of nitrogens with one attached hydrogen (secondary N) is 2. The van der Waals surface area contributed by atoms with Crippen LogP contribution in [0.5, 0.6) is 0 Å². The van der Waals surface area contributed by atoms with Crippen LogP contribution in [0.25, 0.3) is 0 Å². The molecule has 1 aliphatic heterocycles. The lowest BCUT2D eigenvalue weighted by Gasteiger charge is -2.28. The van der Waals surface area contributed by atoms with Crippen LogP contribution in [0, 0.1) is 0 Å². The van der Waals surface area contributed by atoms with E-state index < -0.39 is 11.9 Å². The quantitative estimate of drug-likeness (QED) is 0.318. The second-order valence-electron chi connectivity index (χ2n) is 6.44. The summed E-state index contributed by atoms with van der Waals surface area (Å²) in [6.07, 6.45) is 5.44. The number of carbonyl (C=O) groups is 1. The Morgan fingerprint density at radius 1 is 1.36 bits per heavy atom. The standard InChI is InChI=1S/C20H24N4O3S/c1-4-6-10-28-20-23-17-16(18(25)24-20)15(13-8-7-9-21-11-13)14(12(3)22-17)19(26)27-5-2/h7-9,11,15H,4-6,10H2,1-3H3,(H2,22,23,24,25). The van der Waals surface area contributed by atoms with E-state index in [0.717, 1.165) is 24.2 Å². The van der Waals surface area contributed by atoms with Gasteiger partial charge in [-0.1, -0.05) is 31.2 Å². The van der Waals surface area contributed by atoms with Crippen LogP contribution in [-0.2, 0) is 9.53 Å². The molecule has 0 amide bonds. The average Bonchev–Trinajstić information content (AvgIpc) is 2.68. The number of anilines is 1. The van der Waals surface area contributed by atoms with Crippen molar-refractivity contribution >= 4 is 23.5 Å². The Balaban J connectivity index is 2.11. The maximum absolute atomic E-state index is 13.0. The number of esters is 1. The summed E-state index contributed by atoms with van der Waals surface area (Å²) in [4.78, 5) is 37.3. The number of thioether (sulfide) groups is 1. The Bertz CT molecular complexity index is 940. The molecule has 0 fully saturated rings. The average molecular weight is 401 g/mol. The summed E-state index contributed by atoms with van der Waals surface area (Å²) in [7, 11) is 0. The van der Waals surface area contributed by atoms with Crippen molar-refractivity contribution in [3.63, 3.8) is 0 Å². The molecule has 1 atom stereocenters. The number of ether oxygens (including phenoxy) is 1. The van der Waals surface area contributed by atoms with Gasteiger partial charge in [-0.15, -0.1) is 0 Å². The van der Waals surface area contributed by atoms with Gasteiger partial charge in [-0.05, 0) is 31.9 Å². The van der Waals surface area contributed by atoms with E-state index in [-0.39, 0.29) is 12.2 Å². The number of hydrogen-bond acceptors (Lipinski definition) is 7. The van der Waals surface area contributed by atoms with E-state index in [0.29, 0.717) is 27.8 Å². The number of aromatic nitrogens is 3. The molecule has 2 N–H and O–H groups in total. The minimum atomic E-state index is -0.588. The monoisotopic (exact) mass is 400 g/mol. The number of nitrogens with zero attached hydrogens (tertiary/aromatic N) is 2. The zero-order valence-corrected chi connectivity index (χ0v) is 17.1. The van der Waals surface area contributed by atoms with Crippen LogP contribution in [0.1, 0.15) is 50.7 Å². The normalized spacial score (nSPS) is 15.8. The molecule has 0 spiro atoms. The van der Waals surface area contributed by atoms with Gasteiger partial charge in [-0.2, -0.15) is 0 Å². The molecule has 8 heteroatoms. The van der Waals surface area contributed by atoms with Crippen LogP contribution in [-0.4, -0.2) is 33.3 Å². The lowest BCUT2D eigenvalue weighted by atomic mass is 9.83. The minimum absolute atomic E-state index is 0.254. The molecule has 0 radical (unpaired) electrons. The van der Waals surface area contributed by atoms with Crippen LogP contribution in [0.4, 0.5) is 5.82 Å². The summed E-state index contributed by atoms with van der Waals surface area (Å²) in [5.41, 5.74) is 1.91. The molecule has 1 aliphatic rings. The molecule has 0 bridgehead atoms. The highest BCUT2D eigenvalue weighted by atomic mass is 32.2. The third-order valence-corrected chi connectivity index (χ3v) is 5.43. The SMILES string of the molecule is CCCCSc1nc2c(c(=O)[nH]1)C(c1cccnc1)C(C(=O)OCC)=C(C)N2. The first-order valence-corrected chi connectivity index (χ1v) is 10.4. The summed E-state index contributed by atoms with van der Waals surface area (Å²) in [6.45, 7) is 5.93. The predicted octanol–water partition coefficient (Wildman–Crippen LogP) is 3.45. The number of fused-ring (bicyclic) bond motifs is 1. The van der Waals surface area contributed by atoms with Crippen molar-refractivity contribution in [2.45, 2.75) is 44.7 Å². The zero-order chi connectivity index (χ0) is 20.1. The Labute approximate surface area is 168 Å². The lowest BCUT2D eigenvalue weighted by molar-refractivity contribution is -0.138. The van der Waals surface area contributed by atoms with Gasteiger partial charge >= 0.3 is 5.97 Å². The lowest BCUT2D eigenvalue weighted by Crippen LogP contribution is -2.31. The zero-order valence-electron chi connectivity index (χ0n) is 16.2. The van der Waals surface area contributed by atoms with E-state index in [4.69, 9.17) is 4.74 Å². The highest BCUT2D eigenvalue weighted by Gasteiger charge is 2.36. The second kappa shape index (κ2) is 9.05. The first kappa shape index (κ1) is 20.1. The van der Waals surface area contributed by atoms with E-state index in [2.05, 4.69) is 27.2 Å². The van der Waals surface area contributed by atoms with Gasteiger partial charge in [0.2, 0.25) is 0 Å². The van der Waals surface area contributed by atoms with Crippen molar-refractivity contribution < 1.29 is 9.53 Å². The van der Waals surface area contributed by atoms with Gasteiger partial charge in [-0.3, -0.25) is 9.78 Å². The number of aromatic amines is 1. The number of rotatable bonds is 7. The van der Waals surface area contributed by atoms with Gasteiger partial charge in [0.25, 0.3) is 5.56 Å². The highest BCUT2D eigenvalue weighted by Crippen LogP contribution is 2.39. The van der Waals surface area contributed by atoms with Crippen molar-refractivity contribution in [3.8, 4) is 0 Å². The molecule has 2 aromatic rings. The van der Waals surface area contributed by atoms with E-state index in [1.54, 1.807) is 32.3 Å². The molecular formula is C20H24N4O3S. The van der Waals surface area contributed by atoms with Gasteiger partial charge in [0.1, 0.15) is 5.82 Å². The third kappa shape index (κ3) is 4.11. The third-order valence-electron chi connectivity index (χ3n) is 4.47. The van der Waals surface area contributed by atoms with Gasteiger partial charge in [-0.25, -0.2) is 9.78 Å². The van der Waals surface area contributed by atoms with Gasteiger partial charge in [0.05, 0.1) is 23.7 Å². The molecule has 7 nitrogen and oxygen atoms in total. The fourth-order valence-electron chi connectivity index (χ4n) is 3.17. The van der Waals surface area contributed by atoms with Crippen molar-refractivity contribution in [2.24, 2.45) is 0 Å². The van der Waals surface area contributed by atoms with Crippen LogP contribution in [0.3, 0.4) is 0 Å². The Hall–Kier alpha value is -2.61. The number of unbranched alkanes of at least 4 members (excludes halogenated alkanes) is 1. The molecule has 0 aromatic carbocycles. The summed E-state index contributed by atoms with van der Waals surface area (Å²) < 4.78 is 5.25. The van der Waals surface area contributed by atoms with Crippen LogP contribution < -0.4 is 10.9 Å². The number of carbonyl (C=O) groups excluding carboxylic acids is 1. The molecule has 3 rings (SSSR count). The first-order valence-electron chi connectivity index (χ1n) is 9.38. The van der Waals surface area contributed by atoms with Gasteiger partial charge in [0.15, 0.2) is 5.16 Å². The highest BCUT2D eigenvalue weighted by molar-refractivity contribution is 7.99. The molecule has 3 heterocycles. The summed E-state index contributed by atoms with van der Waals surface area (Å²) in [5, 5.41) is 3.71. The fraction of sp³-hybridized carbons (Fsp3) is 0.400. The molecule has 0 saturated carbocycles. The van der Waals surface area contributed by atoms with Crippen LogP contribution >= 0.6 is 11.8 Å². The molecule has 1 unspecified atom stereocenters. The minimum Gasteiger partial charge on any atom is -0.463 e. The largest absolute Gasteiger partial charge is 0.463 e. The molecular weight excluding hydrogens is 376 g/mol. The van der Waals surface area contributed by atoms with Crippen LogP contribution in [0.2, 0.25) is 0 Å². The topological polar surface area (TPSA) is 97.0 Å². The number of allylic oxidation sites excluding steroid dienone is 1. The summed E-state index contributed by atoms with van der Waals surface area (Å²) >= 11 is 1.52. The van der Waals surface area contributed by atoms with Crippen molar-refractivity contribution in [1.82, 2.24) is 15.0 Å². The summed E-state index contributed by atoms with van der Waals surface area (Å²) in [6, 6.07) is 3.63. The maximum atomic E-state index is 13.0. The van der Waals surface area contributed by atoms with Gasteiger partial charge < -0.3 is 15.0 Å².